The highest BCUT2D eigenvalue weighted by molar-refractivity contribution is 5.90. The van der Waals surface area contributed by atoms with E-state index in [0.717, 1.165) is 50.9 Å². The Morgan fingerprint density at radius 3 is 2.71 bits per heavy atom. The third kappa shape index (κ3) is 4.49. The molecule has 0 aromatic heterocycles. The van der Waals surface area contributed by atoms with E-state index >= 15 is 0 Å². The smallest absolute Gasteiger partial charge is 0.224 e. The monoisotopic (exact) mass is 471 g/mol. The average Bonchev–Trinajstić information content (AvgIpc) is 2.82. The summed E-state index contributed by atoms with van der Waals surface area (Å²) in [5.74, 6) is 1.06. The molecule has 186 valence electrons. The van der Waals surface area contributed by atoms with E-state index < -0.39 is 5.41 Å². The van der Waals surface area contributed by atoms with Gasteiger partial charge in [-0.25, -0.2) is 4.39 Å². The van der Waals surface area contributed by atoms with E-state index in [2.05, 4.69) is 10.6 Å². The van der Waals surface area contributed by atoms with Crippen molar-refractivity contribution >= 4 is 23.6 Å². The van der Waals surface area contributed by atoms with E-state index in [4.69, 9.17) is 0 Å². The highest BCUT2D eigenvalue weighted by Gasteiger charge is 2.54. The summed E-state index contributed by atoms with van der Waals surface area (Å²) in [6, 6.07) is 4.80. The second-order valence-electron chi connectivity index (χ2n) is 11.5. The first-order valence-corrected chi connectivity index (χ1v) is 13.1. The average molecular weight is 472 g/mol. The molecule has 7 heteroatoms. The molecule has 5 aliphatic rings. The van der Waals surface area contributed by atoms with Gasteiger partial charge in [0.25, 0.3) is 0 Å². The van der Waals surface area contributed by atoms with Gasteiger partial charge in [0.1, 0.15) is 12.1 Å². The summed E-state index contributed by atoms with van der Waals surface area (Å²) in [7, 11) is 0. The lowest BCUT2D eigenvalue weighted by molar-refractivity contribution is -0.119. The van der Waals surface area contributed by atoms with Crippen LogP contribution in [0.3, 0.4) is 0 Å². The molecule has 1 saturated heterocycles. The molecule has 3 atom stereocenters. The summed E-state index contributed by atoms with van der Waals surface area (Å²) in [6.07, 6.45) is 9.34. The second kappa shape index (κ2) is 9.23. The minimum Gasteiger partial charge on any atom is -0.393 e. The van der Waals surface area contributed by atoms with Crippen LogP contribution >= 0.6 is 0 Å². The molecular weight excluding hydrogens is 433 g/mol. The zero-order valence-corrected chi connectivity index (χ0v) is 20.2. The Hall–Kier alpha value is -1.99. The molecule has 0 radical (unpaired) electrons. The molecule has 6 rings (SSSR count). The standard InChI is InChI=1S/C27H38FN3O3/c1-2-24(33)30-21-4-5-23(22(28)12-21)31-9-3-6-26(16-31,17-32)7-8-29-27-13-18-10-19(14-27)25(34)20(11-18)15-27/h4-5,12,17-20,25,29,34H,2-3,6-11,13-16H2,1H3,(H,30,33). The van der Waals surface area contributed by atoms with Gasteiger partial charge in [0.05, 0.1) is 11.8 Å². The Kier molecular flexibility index (Phi) is 6.44. The first-order valence-electron chi connectivity index (χ1n) is 13.1. The fraction of sp³-hybridized carbons (Fsp3) is 0.704. The number of rotatable bonds is 8. The number of amides is 1. The number of aldehydes is 1. The van der Waals surface area contributed by atoms with Crippen molar-refractivity contribution in [2.45, 2.75) is 76.4 Å². The van der Waals surface area contributed by atoms with Crippen molar-refractivity contribution in [3.63, 3.8) is 0 Å². The Balaban J connectivity index is 1.22. The first-order chi connectivity index (χ1) is 16.3. The maximum Gasteiger partial charge on any atom is 0.224 e. The van der Waals surface area contributed by atoms with Gasteiger partial charge in [-0.15, -0.1) is 0 Å². The van der Waals surface area contributed by atoms with Crippen molar-refractivity contribution < 1.29 is 19.1 Å². The zero-order chi connectivity index (χ0) is 23.9. The lowest BCUT2D eigenvalue weighted by Gasteiger charge is -2.59. The van der Waals surface area contributed by atoms with Crippen molar-refractivity contribution in [1.29, 1.82) is 0 Å². The lowest BCUT2D eigenvalue weighted by Crippen LogP contribution is -2.63. The quantitative estimate of drug-likeness (QED) is 0.502. The van der Waals surface area contributed by atoms with Crippen LogP contribution in [-0.4, -0.2) is 48.6 Å². The number of carbonyl (C=O) groups is 2. The van der Waals surface area contributed by atoms with Gasteiger partial charge in [0.15, 0.2) is 0 Å². The molecule has 1 heterocycles. The molecule has 34 heavy (non-hydrogen) atoms. The van der Waals surface area contributed by atoms with E-state index in [1.807, 2.05) is 4.90 Å². The van der Waals surface area contributed by atoms with Gasteiger partial charge < -0.3 is 25.4 Å². The van der Waals surface area contributed by atoms with Crippen molar-refractivity contribution in [3.05, 3.63) is 24.0 Å². The Labute approximate surface area is 201 Å². The Morgan fingerprint density at radius 1 is 1.26 bits per heavy atom. The van der Waals surface area contributed by atoms with Crippen LogP contribution in [0.25, 0.3) is 0 Å². The summed E-state index contributed by atoms with van der Waals surface area (Å²) >= 11 is 0. The van der Waals surface area contributed by atoms with Crippen molar-refractivity contribution in [2.24, 2.45) is 23.2 Å². The van der Waals surface area contributed by atoms with Crippen LogP contribution in [0.2, 0.25) is 0 Å². The van der Waals surface area contributed by atoms with Gasteiger partial charge in [-0.2, -0.15) is 0 Å². The molecular formula is C27H38FN3O3. The first kappa shape index (κ1) is 23.7. The molecule has 4 saturated carbocycles. The van der Waals surface area contributed by atoms with Crippen LogP contribution in [0.1, 0.15) is 64.7 Å². The Morgan fingerprint density at radius 2 is 2.03 bits per heavy atom. The van der Waals surface area contributed by atoms with Gasteiger partial charge in [-0.3, -0.25) is 4.79 Å². The molecule has 1 amide bonds. The van der Waals surface area contributed by atoms with Crippen LogP contribution in [-0.2, 0) is 9.59 Å². The maximum absolute atomic E-state index is 14.9. The number of hydrogen-bond donors (Lipinski definition) is 3. The summed E-state index contributed by atoms with van der Waals surface area (Å²) in [5.41, 5.74) is 0.577. The fourth-order valence-corrected chi connectivity index (χ4v) is 7.61. The number of carbonyl (C=O) groups excluding carboxylic acids is 2. The summed E-state index contributed by atoms with van der Waals surface area (Å²) in [4.78, 5) is 25.9. The number of nitrogens with one attached hydrogen (secondary N) is 2. The number of aliphatic hydroxyl groups is 1. The molecule has 3 N–H and O–H groups in total. The predicted molar refractivity (Wildman–Crippen MR) is 130 cm³/mol. The number of benzene rings is 1. The maximum atomic E-state index is 14.9. The number of aliphatic hydroxyl groups excluding tert-OH is 1. The van der Waals surface area contributed by atoms with Crippen LogP contribution in [0.5, 0.6) is 0 Å². The van der Waals surface area contributed by atoms with Gasteiger partial charge in [0.2, 0.25) is 5.91 Å². The summed E-state index contributed by atoms with van der Waals surface area (Å²) < 4.78 is 14.9. The van der Waals surface area contributed by atoms with Gasteiger partial charge in [-0.1, -0.05) is 6.92 Å². The molecule has 1 aliphatic heterocycles. The second-order valence-corrected chi connectivity index (χ2v) is 11.5. The minimum atomic E-state index is -0.491. The topological polar surface area (TPSA) is 81.7 Å². The van der Waals surface area contributed by atoms with Crippen LogP contribution in [0.15, 0.2) is 18.2 Å². The fourth-order valence-electron chi connectivity index (χ4n) is 7.61. The number of piperidine rings is 1. The van der Waals surface area contributed by atoms with Gasteiger partial charge in [0, 0.05) is 36.2 Å². The van der Waals surface area contributed by atoms with E-state index in [1.54, 1.807) is 19.1 Å². The lowest BCUT2D eigenvalue weighted by atomic mass is 9.51. The molecule has 0 spiro atoms. The third-order valence-electron chi connectivity index (χ3n) is 9.10. The van der Waals surface area contributed by atoms with Crippen molar-refractivity contribution in [1.82, 2.24) is 5.32 Å². The van der Waals surface area contributed by atoms with Crippen LogP contribution in [0.4, 0.5) is 15.8 Å². The predicted octanol–water partition coefficient (Wildman–Crippen LogP) is 3.88. The highest BCUT2D eigenvalue weighted by atomic mass is 19.1. The number of nitrogens with zero attached hydrogens (tertiary/aromatic N) is 1. The Bertz CT molecular complexity index is 924. The number of halogens is 1. The molecule has 1 aromatic rings. The van der Waals surface area contributed by atoms with Gasteiger partial charge >= 0.3 is 0 Å². The SMILES string of the molecule is CCC(=O)Nc1ccc(N2CCCC(C=O)(CCNC34CC5CC(C3)C(O)C(C5)C4)C2)c(F)c1. The number of hydrogen-bond acceptors (Lipinski definition) is 5. The van der Waals surface area contributed by atoms with Crippen LogP contribution < -0.4 is 15.5 Å². The van der Waals surface area contributed by atoms with E-state index in [0.29, 0.717) is 42.7 Å². The zero-order valence-electron chi connectivity index (χ0n) is 20.2. The van der Waals surface area contributed by atoms with E-state index in [1.165, 1.54) is 25.3 Å². The van der Waals surface area contributed by atoms with Crippen LogP contribution in [0, 0.1) is 29.0 Å². The molecule has 6 nitrogen and oxygen atoms in total. The summed E-state index contributed by atoms with van der Waals surface area (Å²) in [5, 5.41) is 17.1. The molecule has 1 aromatic carbocycles. The van der Waals surface area contributed by atoms with Crippen molar-refractivity contribution in [2.75, 3.05) is 29.9 Å². The molecule has 4 aliphatic carbocycles. The van der Waals surface area contributed by atoms with Crippen molar-refractivity contribution in [3.8, 4) is 0 Å². The van der Waals surface area contributed by atoms with E-state index in [9.17, 15) is 19.1 Å². The molecule has 4 bridgehead atoms. The normalized spacial score (nSPS) is 36.5. The van der Waals surface area contributed by atoms with Gasteiger partial charge in [-0.05, 0) is 93.9 Å². The summed E-state index contributed by atoms with van der Waals surface area (Å²) in [6.45, 7) is 3.76. The molecule has 5 fully saturated rings. The van der Waals surface area contributed by atoms with E-state index in [-0.39, 0.29) is 23.4 Å². The molecule has 3 unspecified atom stereocenters. The largest absolute Gasteiger partial charge is 0.393 e. The number of anilines is 2. The minimum absolute atomic E-state index is 0.124. The third-order valence-corrected chi connectivity index (χ3v) is 9.10. The highest BCUT2D eigenvalue weighted by Crippen LogP contribution is 2.55.